The van der Waals surface area contributed by atoms with Gasteiger partial charge in [-0.15, -0.1) is 4.91 Å². The van der Waals surface area contributed by atoms with Gasteiger partial charge < -0.3 is 15.4 Å². The van der Waals surface area contributed by atoms with Crippen LogP contribution >= 0.6 is 0 Å². The van der Waals surface area contributed by atoms with Crippen molar-refractivity contribution in [2.75, 3.05) is 20.1 Å². The van der Waals surface area contributed by atoms with Crippen molar-refractivity contribution in [2.24, 2.45) is 22.9 Å². The summed E-state index contributed by atoms with van der Waals surface area (Å²) >= 11 is 0. The third kappa shape index (κ3) is 8.20. The zero-order valence-electron chi connectivity index (χ0n) is 23.8. The number of aromatic nitrogens is 1. The van der Waals surface area contributed by atoms with Gasteiger partial charge in [0, 0.05) is 35.5 Å². The van der Waals surface area contributed by atoms with Gasteiger partial charge in [0.1, 0.15) is 12.4 Å². The molecule has 2 amide bonds. The summed E-state index contributed by atoms with van der Waals surface area (Å²) in [5.41, 5.74) is 11.7. The molecule has 2 heterocycles. The smallest absolute Gasteiger partial charge is 0.246 e. The number of pyridine rings is 1. The quantitative estimate of drug-likeness (QED) is 0.161. The van der Waals surface area contributed by atoms with Gasteiger partial charge in [0.2, 0.25) is 12.3 Å². The van der Waals surface area contributed by atoms with Crippen LogP contribution in [0.15, 0.2) is 90.2 Å². The van der Waals surface area contributed by atoms with Crippen molar-refractivity contribution in [1.29, 1.82) is 0 Å². The van der Waals surface area contributed by atoms with Crippen molar-refractivity contribution >= 4 is 23.2 Å². The number of carbonyl (C=O) groups excluding carboxylic acids is 2. The van der Waals surface area contributed by atoms with E-state index in [2.05, 4.69) is 35.3 Å². The van der Waals surface area contributed by atoms with Gasteiger partial charge in [-0.05, 0) is 68.5 Å². The number of likely N-dealkylation sites (tertiary alicyclic amines) is 1. The van der Waals surface area contributed by atoms with Crippen LogP contribution in [0.3, 0.4) is 0 Å². The third-order valence-corrected chi connectivity index (χ3v) is 7.39. The molecule has 1 aliphatic heterocycles. The van der Waals surface area contributed by atoms with Crippen molar-refractivity contribution in [3.8, 4) is 17.0 Å². The number of nitrogens with one attached hydrogen (secondary N) is 1. The summed E-state index contributed by atoms with van der Waals surface area (Å²) in [6.45, 7) is 2.39. The van der Waals surface area contributed by atoms with E-state index in [1.54, 1.807) is 4.90 Å². The van der Waals surface area contributed by atoms with Crippen LogP contribution in [0.25, 0.3) is 22.2 Å². The molecule has 3 aromatic carbocycles. The number of benzene rings is 3. The molecule has 1 saturated heterocycles. The van der Waals surface area contributed by atoms with Crippen molar-refractivity contribution in [1.82, 2.24) is 15.3 Å². The maximum atomic E-state index is 11.7. The highest BCUT2D eigenvalue weighted by molar-refractivity contribution is 5.85. The normalized spacial score (nSPS) is 16.8. The second-order valence-corrected chi connectivity index (χ2v) is 10.2. The molecule has 9 heteroatoms. The minimum atomic E-state index is -0.283. The van der Waals surface area contributed by atoms with Crippen molar-refractivity contribution in [3.63, 3.8) is 0 Å². The van der Waals surface area contributed by atoms with Crippen LogP contribution in [0.2, 0.25) is 0 Å². The Morgan fingerprint density at radius 2 is 1.71 bits per heavy atom. The summed E-state index contributed by atoms with van der Waals surface area (Å²) in [6.07, 6.45) is 4.90. The molecule has 0 spiro atoms. The monoisotopic (exact) mass is 567 g/mol. The second kappa shape index (κ2) is 15.4. The maximum Gasteiger partial charge on any atom is 0.246 e. The Morgan fingerprint density at radius 3 is 2.38 bits per heavy atom. The first kappa shape index (κ1) is 30.3. The first-order valence-corrected chi connectivity index (χ1v) is 14.2. The molecule has 218 valence electrons. The van der Waals surface area contributed by atoms with Crippen LogP contribution in [-0.2, 0) is 22.6 Å². The molecule has 3 N–H and O–H groups in total. The molecule has 4 aromatic rings. The van der Waals surface area contributed by atoms with Crippen molar-refractivity contribution in [3.05, 3.63) is 101 Å². The molecular formula is C33H37N5O4. The van der Waals surface area contributed by atoms with E-state index in [4.69, 9.17) is 9.72 Å². The Kier molecular flexibility index (Phi) is 11.1. The molecule has 1 aromatic heterocycles. The summed E-state index contributed by atoms with van der Waals surface area (Å²) in [5.74, 6) is 0.654. The van der Waals surface area contributed by atoms with E-state index in [9.17, 15) is 14.5 Å². The van der Waals surface area contributed by atoms with Crippen LogP contribution in [0.5, 0.6) is 5.75 Å². The number of fused-ring (bicyclic) bond motifs is 1. The van der Waals surface area contributed by atoms with Gasteiger partial charge >= 0.3 is 0 Å². The van der Waals surface area contributed by atoms with Crippen LogP contribution in [0, 0.1) is 16.7 Å². The number of hydrogen-bond donors (Lipinski definition) is 2. The Morgan fingerprint density at radius 1 is 1.02 bits per heavy atom. The molecule has 2 atom stereocenters. The molecule has 2 aliphatic rings. The zero-order valence-corrected chi connectivity index (χ0v) is 23.8. The molecule has 9 nitrogen and oxygen atoms in total. The number of nitrogens with zero attached hydrogens (tertiary/aromatic N) is 3. The van der Waals surface area contributed by atoms with E-state index < -0.39 is 0 Å². The minimum absolute atomic E-state index is 0.114. The first-order chi connectivity index (χ1) is 20.6. The third-order valence-electron chi connectivity index (χ3n) is 7.39. The molecule has 2 fully saturated rings. The van der Waals surface area contributed by atoms with Gasteiger partial charge in [-0.25, -0.2) is 10.4 Å². The molecule has 42 heavy (non-hydrogen) atoms. The Hall–Kier alpha value is -4.63. The number of carbonyl (C=O) groups is 2. The van der Waals surface area contributed by atoms with E-state index in [1.165, 1.54) is 19.9 Å². The predicted octanol–water partition coefficient (Wildman–Crippen LogP) is 5.27. The van der Waals surface area contributed by atoms with Crippen molar-refractivity contribution < 1.29 is 14.3 Å². The molecule has 1 saturated carbocycles. The first-order valence-electron chi connectivity index (χ1n) is 14.2. The van der Waals surface area contributed by atoms with E-state index in [-0.39, 0.29) is 17.7 Å². The Labute approximate surface area is 246 Å². The standard InChI is InChI=1S/C27H23N3O3.C5H9NO.CH5N/c31-27(29-30-32)24-15-20(24)14-18-10-12-22(13-11-18)33-17-21-16-26(19-6-2-1-3-7-19)28-25-9-5-4-8-23(21)25;7-5-6-3-1-2-4-6;1-2/h1-13,16,20,24H,14-15,17H2,(H,29,31,32);5H,1-4H2;2H2,1H3. The van der Waals surface area contributed by atoms with E-state index >= 15 is 0 Å². The van der Waals surface area contributed by atoms with E-state index in [0.29, 0.717) is 6.61 Å². The highest BCUT2D eigenvalue weighted by atomic mass is 16.5. The number of ether oxygens (including phenoxy) is 1. The van der Waals surface area contributed by atoms with E-state index in [1.807, 2.05) is 66.1 Å². The van der Waals surface area contributed by atoms with Crippen LogP contribution < -0.4 is 15.9 Å². The second-order valence-electron chi connectivity index (χ2n) is 10.2. The highest BCUT2D eigenvalue weighted by Gasteiger charge is 2.42. The zero-order chi connectivity index (χ0) is 29.7. The summed E-state index contributed by atoms with van der Waals surface area (Å²) in [4.78, 5) is 38.4. The lowest BCUT2D eigenvalue weighted by molar-refractivity contribution is -0.122. The number of hydrogen-bond acceptors (Lipinski definition) is 7. The number of nitrogens with two attached hydrogens (primary N) is 1. The maximum absolute atomic E-state index is 11.7. The van der Waals surface area contributed by atoms with Gasteiger partial charge in [0.05, 0.1) is 16.5 Å². The molecular weight excluding hydrogens is 530 g/mol. The Bertz CT molecular complexity index is 1460. The van der Waals surface area contributed by atoms with Gasteiger partial charge in [-0.2, -0.15) is 0 Å². The van der Waals surface area contributed by atoms with Crippen LogP contribution in [-0.4, -0.2) is 42.3 Å². The van der Waals surface area contributed by atoms with E-state index in [0.717, 1.165) is 71.4 Å². The van der Waals surface area contributed by atoms with Crippen LogP contribution in [0.4, 0.5) is 0 Å². The molecule has 6 rings (SSSR count). The number of para-hydroxylation sites is 1. The molecule has 0 bridgehead atoms. The SMILES string of the molecule is CN.O=CN1CCCC1.O=NNC(=O)C1CC1Cc1ccc(OCc2cc(-c3ccccc3)nc3ccccc23)cc1. The lowest BCUT2D eigenvalue weighted by Crippen LogP contribution is -2.19. The molecule has 2 unspecified atom stereocenters. The fourth-order valence-electron chi connectivity index (χ4n) is 5.08. The molecule has 1 aliphatic carbocycles. The Balaban J connectivity index is 0.000000390. The summed E-state index contributed by atoms with van der Waals surface area (Å²) in [5, 5.41) is 3.55. The fraction of sp³-hybridized carbons (Fsp3) is 0.303. The lowest BCUT2D eigenvalue weighted by atomic mass is 10.0. The average molecular weight is 568 g/mol. The topological polar surface area (TPSA) is 127 Å². The number of rotatable bonds is 9. The predicted molar refractivity (Wildman–Crippen MR) is 164 cm³/mol. The summed E-state index contributed by atoms with van der Waals surface area (Å²) in [7, 11) is 1.50. The largest absolute Gasteiger partial charge is 0.489 e. The number of amides is 2. The number of nitroso groups, excluding NO2 is 1. The van der Waals surface area contributed by atoms with Gasteiger partial charge in [0.25, 0.3) is 0 Å². The lowest BCUT2D eigenvalue weighted by Gasteiger charge is -2.12. The summed E-state index contributed by atoms with van der Waals surface area (Å²) < 4.78 is 6.12. The van der Waals surface area contributed by atoms with Crippen molar-refractivity contribution in [2.45, 2.75) is 32.3 Å². The van der Waals surface area contributed by atoms with Crippen LogP contribution in [0.1, 0.15) is 30.4 Å². The fourth-order valence-corrected chi connectivity index (χ4v) is 5.08. The molecule has 0 radical (unpaired) electrons. The highest BCUT2D eigenvalue weighted by Crippen LogP contribution is 2.41. The van der Waals surface area contributed by atoms with Gasteiger partial charge in [-0.3, -0.25) is 9.59 Å². The minimum Gasteiger partial charge on any atom is -0.489 e. The summed E-state index contributed by atoms with van der Waals surface area (Å²) in [6, 6.07) is 28.3. The average Bonchev–Trinajstić information content (AvgIpc) is 3.60. The van der Waals surface area contributed by atoms with Gasteiger partial charge in [-0.1, -0.05) is 60.7 Å². The van der Waals surface area contributed by atoms with Gasteiger partial charge in [0.15, 0.2) is 0 Å².